The van der Waals surface area contributed by atoms with Gasteiger partial charge in [0.2, 0.25) is 5.91 Å². The second-order valence-corrected chi connectivity index (χ2v) is 7.52. The third-order valence-electron chi connectivity index (χ3n) is 4.79. The third kappa shape index (κ3) is 6.94. The molecule has 0 spiro atoms. The van der Waals surface area contributed by atoms with E-state index in [2.05, 4.69) is 11.4 Å². The molecule has 1 aliphatic rings. The van der Waals surface area contributed by atoms with Crippen LogP contribution in [0.25, 0.3) is 0 Å². The summed E-state index contributed by atoms with van der Waals surface area (Å²) in [7, 11) is 1.70. The van der Waals surface area contributed by atoms with E-state index in [-0.39, 0.29) is 18.4 Å². The molecule has 1 fully saturated rings. The van der Waals surface area contributed by atoms with Crippen molar-refractivity contribution in [3.8, 4) is 0 Å². The highest BCUT2D eigenvalue weighted by Gasteiger charge is 2.26. The molecule has 6 nitrogen and oxygen atoms in total. The molecule has 0 radical (unpaired) electrons. The number of halogens is 1. The van der Waals surface area contributed by atoms with Crippen LogP contribution in [0.1, 0.15) is 18.9 Å². The smallest absolute Gasteiger partial charge is 0.277 e. The maximum absolute atomic E-state index is 12.3. The quantitative estimate of drug-likeness (QED) is 0.518. The molecule has 3 N–H and O–H groups in total. The van der Waals surface area contributed by atoms with Crippen molar-refractivity contribution in [2.75, 3.05) is 52.9 Å². The molecule has 7 heteroatoms. The zero-order valence-electron chi connectivity index (χ0n) is 15.8. The Morgan fingerprint density at radius 1 is 1.19 bits per heavy atom. The highest BCUT2D eigenvalue weighted by molar-refractivity contribution is 6.30. The first kappa shape index (κ1) is 20.7. The Morgan fingerprint density at radius 3 is 2.54 bits per heavy atom. The molecular formula is C19H31ClN4O2+2. The molecule has 1 aromatic carbocycles. The summed E-state index contributed by atoms with van der Waals surface area (Å²) >= 11 is 6.05. The molecule has 0 atom stereocenters. The number of piperazine rings is 1. The maximum Gasteiger partial charge on any atom is 0.277 e. The number of carbonyl (C=O) groups excluding carboxylic acids is 2. The number of quaternary nitrogens is 2. The Bertz CT molecular complexity index is 603. The first-order valence-corrected chi connectivity index (χ1v) is 9.78. The van der Waals surface area contributed by atoms with Gasteiger partial charge in [-0.3, -0.25) is 9.59 Å². The fourth-order valence-corrected chi connectivity index (χ4v) is 3.43. The number of nitrogens with zero attached hydrogens (tertiary/aromatic N) is 1. The van der Waals surface area contributed by atoms with Crippen LogP contribution in [0.15, 0.2) is 24.3 Å². The first-order valence-electron chi connectivity index (χ1n) is 9.40. The van der Waals surface area contributed by atoms with Gasteiger partial charge >= 0.3 is 0 Å². The second-order valence-electron chi connectivity index (χ2n) is 7.08. The van der Waals surface area contributed by atoms with Crippen LogP contribution < -0.4 is 15.1 Å². The minimum absolute atomic E-state index is 0.0324. The fraction of sp³-hybridized carbons (Fsp3) is 0.579. The van der Waals surface area contributed by atoms with Crippen molar-refractivity contribution >= 4 is 23.4 Å². The minimum atomic E-state index is -0.0894. The van der Waals surface area contributed by atoms with E-state index in [1.54, 1.807) is 7.05 Å². The highest BCUT2D eigenvalue weighted by Crippen LogP contribution is 2.09. The SMILES string of the molecule is CCCNC(=O)CN(C)C(=O)C[NH+]1CC[NH+](Cc2cccc(Cl)c2)CC1. The number of benzene rings is 1. The first-order chi connectivity index (χ1) is 12.5. The summed E-state index contributed by atoms with van der Waals surface area (Å²) in [5.74, 6) is -0.0570. The minimum Gasteiger partial charge on any atom is -0.355 e. The molecule has 0 aliphatic carbocycles. The average molecular weight is 383 g/mol. The Balaban J connectivity index is 1.70. The van der Waals surface area contributed by atoms with Gasteiger partial charge in [0.25, 0.3) is 5.91 Å². The lowest BCUT2D eigenvalue weighted by Crippen LogP contribution is -3.28. The molecule has 1 aromatic rings. The van der Waals surface area contributed by atoms with Crippen LogP contribution >= 0.6 is 11.6 Å². The molecule has 144 valence electrons. The summed E-state index contributed by atoms with van der Waals surface area (Å²) in [6.45, 7) is 8.25. The van der Waals surface area contributed by atoms with Crippen LogP contribution in [0.3, 0.4) is 0 Å². The summed E-state index contributed by atoms with van der Waals surface area (Å²) < 4.78 is 0. The molecule has 1 aliphatic heterocycles. The van der Waals surface area contributed by atoms with Crippen LogP contribution in [-0.2, 0) is 16.1 Å². The monoisotopic (exact) mass is 382 g/mol. The van der Waals surface area contributed by atoms with Crippen LogP contribution in [0, 0.1) is 0 Å². The molecule has 0 bridgehead atoms. The molecule has 1 heterocycles. The summed E-state index contributed by atoms with van der Waals surface area (Å²) in [6.07, 6.45) is 0.898. The number of amides is 2. The van der Waals surface area contributed by atoms with Crippen LogP contribution in [0.4, 0.5) is 0 Å². The molecule has 0 saturated carbocycles. The summed E-state index contributed by atoms with van der Waals surface area (Å²) in [5, 5.41) is 3.58. The largest absolute Gasteiger partial charge is 0.355 e. The van der Waals surface area contributed by atoms with Gasteiger partial charge in [-0.05, 0) is 18.6 Å². The van der Waals surface area contributed by atoms with E-state index in [0.29, 0.717) is 13.1 Å². The van der Waals surface area contributed by atoms with Crippen molar-refractivity contribution in [2.24, 2.45) is 0 Å². The van der Waals surface area contributed by atoms with Gasteiger partial charge < -0.3 is 20.0 Å². The van der Waals surface area contributed by atoms with E-state index in [4.69, 9.17) is 11.6 Å². The van der Waals surface area contributed by atoms with Gasteiger partial charge in [-0.2, -0.15) is 0 Å². The van der Waals surface area contributed by atoms with Crippen molar-refractivity contribution in [3.63, 3.8) is 0 Å². The zero-order chi connectivity index (χ0) is 18.9. The molecular weight excluding hydrogens is 352 g/mol. The normalized spacial score (nSPS) is 19.8. The van der Waals surface area contributed by atoms with E-state index >= 15 is 0 Å². The molecule has 26 heavy (non-hydrogen) atoms. The van der Waals surface area contributed by atoms with E-state index in [9.17, 15) is 9.59 Å². The van der Waals surface area contributed by atoms with E-state index in [1.807, 2.05) is 25.1 Å². The molecule has 2 amide bonds. The predicted octanol–water partition coefficient (Wildman–Crippen LogP) is -1.39. The second kappa shape index (κ2) is 10.5. The lowest BCUT2D eigenvalue weighted by molar-refractivity contribution is -1.02. The lowest BCUT2D eigenvalue weighted by atomic mass is 10.2. The predicted molar refractivity (Wildman–Crippen MR) is 102 cm³/mol. The zero-order valence-corrected chi connectivity index (χ0v) is 16.6. The summed E-state index contributed by atoms with van der Waals surface area (Å²) in [5.41, 5.74) is 1.25. The van der Waals surface area contributed by atoms with E-state index in [1.165, 1.54) is 20.3 Å². The van der Waals surface area contributed by atoms with Crippen molar-refractivity contribution in [3.05, 3.63) is 34.9 Å². The number of carbonyl (C=O) groups is 2. The number of likely N-dealkylation sites (N-methyl/N-ethyl adjacent to an activating group) is 1. The molecule has 1 saturated heterocycles. The van der Waals surface area contributed by atoms with Gasteiger partial charge in [-0.1, -0.05) is 30.7 Å². The number of rotatable bonds is 8. The number of hydrogen-bond acceptors (Lipinski definition) is 2. The van der Waals surface area contributed by atoms with Gasteiger partial charge in [-0.15, -0.1) is 0 Å². The van der Waals surface area contributed by atoms with E-state index < -0.39 is 0 Å². The Morgan fingerprint density at radius 2 is 1.88 bits per heavy atom. The van der Waals surface area contributed by atoms with Crippen molar-refractivity contribution < 1.29 is 19.4 Å². The lowest BCUT2D eigenvalue weighted by Gasteiger charge is -2.30. The number of hydrogen-bond donors (Lipinski definition) is 3. The highest BCUT2D eigenvalue weighted by atomic mass is 35.5. The summed E-state index contributed by atoms with van der Waals surface area (Å²) in [4.78, 5) is 28.4. The van der Waals surface area contributed by atoms with Gasteiger partial charge in [0, 0.05) is 24.2 Å². The average Bonchev–Trinajstić information content (AvgIpc) is 2.61. The van der Waals surface area contributed by atoms with Gasteiger partial charge in [0.15, 0.2) is 6.54 Å². The Kier molecular flexibility index (Phi) is 8.35. The van der Waals surface area contributed by atoms with Gasteiger partial charge in [0.05, 0.1) is 6.54 Å². The van der Waals surface area contributed by atoms with Crippen molar-refractivity contribution in [2.45, 2.75) is 19.9 Å². The van der Waals surface area contributed by atoms with Crippen molar-refractivity contribution in [1.29, 1.82) is 0 Å². The van der Waals surface area contributed by atoms with Crippen LogP contribution in [0.2, 0.25) is 5.02 Å². The standard InChI is InChI=1S/C19H29ClN4O2/c1-3-7-21-18(25)14-22(2)19(26)15-24-10-8-23(9-11-24)13-16-5-4-6-17(20)12-16/h4-6,12H,3,7-11,13-15H2,1-2H3,(H,21,25)/p+2. The Labute approximate surface area is 161 Å². The van der Waals surface area contributed by atoms with Gasteiger partial charge in [-0.25, -0.2) is 0 Å². The molecule has 2 rings (SSSR count). The maximum atomic E-state index is 12.3. The van der Waals surface area contributed by atoms with Crippen LogP contribution in [0.5, 0.6) is 0 Å². The summed E-state index contributed by atoms with van der Waals surface area (Å²) in [6, 6.07) is 8.02. The fourth-order valence-electron chi connectivity index (χ4n) is 3.22. The number of nitrogens with one attached hydrogen (secondary N) is 3. The topological polar surface area (TPSA) is 58.3 Å². The Hall–Kier alpha value is -1.63. The van der Waals surface area contributed by atoms with Crippen molar-refractivity contribution in [1.82, 2.24) is 10.2 Å². The van der Waals surface area contributed by atoms with Crippen LogP contribution in [-0.4, -0.2) is 69.6 Å². The van der Waals surface area contributed by atoms with E-state index in [0.717, 1.165) is 44.2 Å². The van der Waals surface area contributed by atoms with Gasteiger partial charge in [0.1, 0.15) is 32.7 Å². The molecule has 0 aromatic heterocycles. The molecule has 0 unspecified atom stereocenters. The third-order valence-corrected chi connectivity index (χ3v) is 5.02.